The van der Waals surface area contributed by atoms with E-state index in [0.717, 1.165) is 32.6 Å². The lowest BCUT2D eigenvalue weighted by atomic mass is 9.96. The lowest BCUT2D eigenvalue weighted by Crippen LogP contribution is -2.40. The fourth-order valence-corrected chi connectivity index (χ4v) is 3.02. The second-order valence-corrected chi connectivity index (χ2v) is 6.92. The molecule has 0 aliphatic heterocycles. The van der Waals surface area contributed by atoms with E-state index in [1.807, 2.05) is 0 Å². The lowest BCUT2D eigenvalue weighted by molar-refractivity contribution is 0.0682. The second kappa shape index (κ2) is 8.93. The number of hydrogen-bond acceptors (Lipinski definition) is 3. The summed E-state index contributed by atoms with van der Waals surface area (Å²) in [6.45, 7) is 9.02. The highest BCUT2D eigenvalue weighted by atomic mass is 16.3. The van der Waals surface area contributed by atoms with E-state index in [9.17, 15) is 5.11 Å². The molecule has 1 aliphatic rings. The van der Waals surface area contributed by atoms with Gasteiger partial charge in [0, 0.05) is 26.2 Å². The van der Waals surface area contributed by atoms with Crippen LogP contribution in [0, 0.1) is 11.8 Å². The summed E-state index contributed by atoms with van der Waals surface area (Å²) < 4.78 is 0. The van der Waals surface area contributed by atoms with Crippen molar-refractivity contribution in [3.05, 3.63) is 0 Å². The zero-order valence-corrected chi connectivity index (χ0v) is 13.4. The first kappa shape index (κ1) is 16.9. The average Bonchev–Trinajstić information content (AvgIpc) is 2.51. The third-order valence-corrected chi connectivity index (χ3v) is 4.10. The van der Waals surface area contributed by atoms with E-state index in [1.165, 1.54) is 25.7 Å². The zero-order valence-electron chi connectivity index (χ0n) is 13.4. The minimum Gasteiger partial charge on any atom is -0.393 e. The molecule has 114 valence electrons. The monoisotopic (exact) mass is 270 g/mol. The van der Waals surface area contributed by atoms with Gasteiger partial charge in [-0.05, 0) is 38.8 Å². The Balaban J connectivity index is 2.48. The van der Waals surface area contributed by atoms with E-state index in [2.05, 4.69) is 37.7 Å². The van der Waals surface area contributed by atoms with Gasteiger partial charge < -0.3 is 14.9 Å². The van der Waals surface area contributed by atoms with Gasteiger partial charge in [-0.1, -0.05) is 33.1 Å². The molecular weight excluding hydrogens is 236 g/mol. The van der Waals surface area contributed by atoms with Crippen LogP contribution in [-0.2, 0) is 0 Å². The van der Waals surface area contributed by atoms with Crippen molar-refractivity contribution in [2.45, 2.75) is 52.1 Å². The van der Waals surface area contributed by atoms with Gasteiger partial charge in [0.05, 0.1) is 6.10 Å². The number of likely N-dealkylation sites (N-methyl/N-ethyl adjacent to an activating group) is 1. The molecule has 0 radical (unpaired) electrons. The molecule has 0 bridgehead atoms. The van der Waals surface area contributed by atoms with Crippen molar-refractivity contribution < 1.29 is 5.11 Å². The number of hydrogen-bond donors (Lipinski definition) is 1. The quantitative estimate of drug-likeness (QED) is 0.720. The molecule has 1 saturated carbocycles. The summed E-state index contributed by atoms with van der Waals surface area (Å²) in [5, 5.41) is 10.3. The molecule has 3 heteroatoms. The van der Waals surface area contributed by atoms with Crippen LogP contribution in [0.5, 0.6) is 0 Å². The summed E-state index contributed by atoms with van der Waals surface area (Å²) in [7, 11) is 4.27. The second-order valence-electron chi connectivity index (χ2n) is 6.92. The molecule has 0 aromatic carbocycles. The van der Waals surface area contributed by atoms with Crippen molar-refractivity contribution in [2.24, 2.45) is 11.8 Å². The first-order chi connectivity index (χ1) is 8.99. The SMILES string of the molecule is CC(C)CN(CCN(C)C)CC1CCCCCC1O. The number of rotatable bonds is 7. The summed E-state index contributed by atoms with van der Waals surface area (Å²) in [4.78, 5) is 4.81. The van der Waals surface area contributed by atoms with Crippen molar-refractivity contribution >= 4 is 0 Å². The van der Waals surface area contributed by atoms with Gasteiger partial charge in [0.25, 0.3) is 0 Å². The molecule has 2 atom stereocenters. The molecule has 1 aliphatic carbocycles. The molecule has 0 heterocycles. The Bertz CT molecular complexity index is 231. The van der Waals surface area contributed by atoms with Crippen LogP contribution in [0.4, 0.5) is 0 Å². The Morgan fingerprint density at radius 3 is 2.37 bits per heavy atom. The predicted molar refractivity (Wildman–Crippen MR) is 82.4 cm³/mol. The van der Waals surface area contributed by atoms with E-state index in [4.69, 9.17) is 0 Å². The van der Waals surface area contributed by atoms with Gasteiger partial charge in [0.2, 0.25) is 0 Å². The van der Waals surface area contributed by atoms with Crippen LogP contribution in [0.1, 0.15) is 46.0 Å². The van der Waals surface area contributed by atoms with Crippen LogP contribution in [0.2, 0.25) is 0 Å². The first-order valence-electron chi connectivity index (χ1n) is 8.04. The largest absolute Gasteiger partial charge is 0.393 e. The fourth-order valence-electron chi connectivity index (χ4n) is 3.02. The van der Waals surface area contributed by atoms with Crippen molar-refractivity contribution in [3.8, 4) is 0 Å². The Morgan fingerprint density at radius 1 is 1.05 bits per heavy atom. The van der Waals surface area contributed by atoms with Gasteiger partial charge in [0.15, 0.2) is 0 Å². The number of aliphatic hydroxyl groups is 1. The molecule has 1 fully saturated rings. The van der Waals surface area contributed by atoms with Gasteiger partial charge in [-0.15, -0.1) is 0 Å². The molecule has 0 saturated heterocycles. The van der Waals surface area contributed by atoms with Crippen molar-refractivity contribution in [1.82, 2.24) is 9.80 Å². The summed E-state index contributed by atoms with van der Waals surface area (Å²) in [5.74, 6) is 1.19. The van der Waals surface area contributed by atoms with E-state index in [-0.39, 0.29) is 6.10 Å². The first-order valence-corrected chi connectivity index (χ1v) is 8.04. The number of aliphatic hydroxyl groups excluding tert-OH is 1. The standard InChI is InChI=1S/C16H34N2O/c1-14(2)12-18(11-10-17(3)4)13-15-8-6-5-7-9-16(15)19/h14-16,19H,5-13H2,1-4H3. The van der Waals surface area contributed by atoms with Gasteiger partial charge in [-0.25, -0.2) is 0 Å². The zero-order chi connectivity index (χ0) is 14.3. The summed E-state index contributed by atoms with van der Waals surface area (Å²) in [6, 6.07) is 0. The molecule has 0 spiro atoms. The maximum Gasteiger partial charge on any atom is 0.0580 e. The molecular formula is C16H34N2O. The van der Waals surface area contributed by atoms with Gasteiger partial charge in [-0.2, -0.15) is 0 Å². The average molecular weight is 270 g/mol. The minimum absolute atomic E-state index is 0.0727. The molecule has 2 unspecified atom stereocenters. The van der Waals surface area contributed by atoms with Crippen LogP contribution in [-0.4, -0.2) is 61.3 Å². The molecule has 0 aromatic rings. The fraction of sp³-hybridized carbons (Fsp3) is 1.00. The molecule has 3 nitrogen and oxygen atoms in total. The maximum absolute atomic E-state index is 10.3. The van der Waals surface area contributed by atoms with Crippen molar-refractivity contribution in [1.29, 1.82) is 0 Å². The van der Waals surface area contributed by atoms with Crippen LogP contribution >= 0.6 is 0 Å². The van der Waals surface area contributed by atoms with Crippen LogP contribution in [0.15, 0.2) is 0 Å². The maximum atomic E-state index is 10.3. The van der Waals surface area contributed by atoms with E-state index < -0.39 is 0 Å². The Kier molecular flexibility index (Phi) is 7.96. The predicted octanol–water partition coefficient (Wildman–Crippen LogP) is 2.45. The number of nitrogens with zero attached hydrogens (tertiary/aromatic N) is 2. The Morgan fingerprint density at radius 2 is 1.74 bits per heavy atom. The Labute approximate surface area is 120 Å². The van der Waals surface area contributed by atoms with Crippen LogP contribution in [0.25, 0.3) is 0 Å². The van der Waals surface area contributed by atoms with E-state index >= 15 is 0 Å². The minimum atomic E-state index is -0.0727. The molecule has 1 rings (SSSR count). The van der Waals surface area contributed by atoms with Crippen LogP contribution in [0.3, 0.4) is 0 Å². The van der Waals surface area contributed by atoms with E-state index in [0.29, 0.717) is 11.8 Å². The van der Waals surface area contributed by atoms with Gasteiger partial charge in [0.1, 0.15) is 0 Å². The normalized spacial score (nSPS) is 25.3. The Hall–Kier alpha value is -0.120. The summed E-state index contributed by atoms with van der Waals surface area (Å²) in [6.07, 6.45) is 5.95. The van der Waals surface area contributed by atoms with Crippen LogP contribution < -0.4 is 0 Å². The van der Waals surface area contributed by atoms with Gasteiger partial charge >= 0.3 is 0 Å². The third-order valence-electron chi connectivity index (χ3n) is 4.10. The molecule has 0 amide bonds. The van der Waals surface area contributed by atoms with Crippen molar-refractivity contribution in [3.63, 3.8) is 0 Å². The highest BCUT2D eigenvalue weighted by Gasteiger charge is 2.24. The van der Waals surface area contributed by atoms with Gasteiger partial charge in [-0.3, -0.25) is 0 Å². The van der Waals surface area contributed by atoms with Crippen molar-refractivity contribution in [2.75, 3.05) is 40.3 Å². The van der Waals surface area contributed by atoms with E-state index in [1.54, 1.807) is 0 Å². The molecule has 0 aromatic heterocycles. The highest BCUT2D eigenvalue weighted by molar-refractivity contribution is 4.77. The smallest absolute Gasteiger partial charge is 0.0580 e. The molecule has 1 N–H and O–H groups in total. The lowest BCUT2D eigenvalue weighted by Gasteiger charge is -2.31. The highest BCUT2D eigenvalue weighted by Crippen LogP contribution is 2.24. The summed E-state index contributed by atoms with van der Waals surface area (Å²) >= 11 is 0. The third kappa shape index (κ3) is 7.28. The summed E-state index contributed by atoms with van der Waals surface area (Å²) in [5.41, 5.74) is 0. The topological polar surface area (TPSA) is 26.7 Å². The molecule has 19 heavy (non-hydrogen) atoms.